The van der Waals surface area contributed by atoms with Crippen molar-refractivity contribution in [1.29, 1.82) is 0 Å². The molecule has 0 radical (unpaired) electrons. The summed E-state index contributed by atoms with van der Waals surface area (Å²) in [6, 6.07) is 15.7. The van der Waals surface area contributed by atoms with E-state index in [9.17, 15) is 0 Å². The Morgan fingerprint density at radius 2 is 1.71 bits per heavy atom. The first-order chi connectivity index (χ1) is 13.7. The van der Waals surface area contributed by atoms with Gasteiger partial charge in [0.25, 0.3) is 11.1 Å². The highest BCUT2D eigenvalue weighted by atomic mass is 32.2. The fourth-order valence-electron chi connectivity index (χ4n) is 2.49. The molecule has 0 spiro atoms. The smallest absolute Gasteiger partial charge is 0.277 e. The number of rotatable bonds is 7. The Balaban J connectivity index is 1.33. The number of ether oxygens (including phenoxy) is 1. The molecule has 0 aliphatic carbocycles. The minimum absolute atomic E-state index is 0.219. The maximum atomic E-state index is 5.79. The Bertz CT molecular complexity index is 1060. The van der Waals surface area contributed by atoms with Crippen molar-refractivity contribution < 1.29 is 13.6 Å². The molecule has 4 rings (SSSR count). The van der Waals surface area contributed by atoms with Gasteiger partial charge in [-0.1, -0.05) is 42.1 Å². The van der Waals surface area contributed by atoms with E-state index in [1.165, 1.54) is 11.8 Å². The molecule has 0 aliphatic heterocycles. The van der Waals surface area contributed by atoms with Crippen molar-refractivity contribution >= 4 is 11.8 Å². The van der Waals surface area contributed by atoms with Gasteiger partial charge in [-0.05, 0) is 43.2 Å². The molecular formula is C20H18N4O3S. The summed E-state index contributed by atoms with van der Waals surface area (Å²) in [5.41, 5.74) is 3.08. The first-order valence-electron chi connectivity index (χ1n) is 8.70. The van der Waals surface area contributed by atoms with Gasteiger partial charge in [-0.3, -0.25) is 0 Å². The maximum Gasteiger partial charge on any atom is 0.277 e. The third kappa shape index (κ3) is 4.40. The van der Waals surface area contributed by atoms with Gasteiger partial charge < -0.3 is 13.6 Å². The molecule has 0 fully saturated rings. The van der Waals surface area contributed by atoms with Crippen LogP contribution in [0.5, 0.6) is 5.75 Å². The van der Waals surface area contributed by atoms with Crippen LogP contribution in [0.1, 0.15) is 22.9 Å². The molecule has 0 atom stereocenters. The van der Waals surface area contributed by atoms with Crippen LogP contribution >= 0.6 is 11.8 Å². The third-order valence-corrected chi connectivity index (χ3v) is 4.75. The molecule has 0 amide bonds. The minimum Gasteiger partial charge on any atom is -0.484 e. The lowest BCUT2D eigenvalue weighted by Gasteiger charge is -2.07. The van der Waals surface area contributed by atoms with Crippen LogP contribution in [0.3, 0.4) is 0 Å². The summed E-state index contributed by atoms with van der Waals surface area (Å²) in [5.74, 6) is 2.66. The molecule has 0 saturated heterocycles. The molecule has 2 aromatic heterocycles. The predicted octanol–water partition coefficient (Wildman–Crippen LogP) is 4.61. The lowest BCUT2D eigenvalue weighted by atomic mass is 10.1. The largest absolute Gasteiger partial charge is 0.484 e. The highest BCUT2D eigenvalue weighted by Crippen LogP contribution is 2.24. The Hall–Kier alpha value is -3.13. The van der Waals surface area contributed by atoms with Gasteiger partial charge in [0.05, 0.1) is 5.75 Å². The Kier molecular flexibility index (Phi) is 5.38. The molecule has 2 aromatic carbocycles. The van der Waals surface area contributed by atoms with Crippen LogP contribution in [-0.2, 0) is 12.4 Å². The maximum absolute atomic E-state index is 5.79. The summed E-state index contributed by atoms with van der Waals surface area (Å²) in [6.07, 6.45) is 0. The van der Waals surface area contributed by atoms with Crippen molar-refractivity contribution in [3.05, 3.63) is 71.4 Å². The number of aryl methyl sites for hydroxylation is 2. The van der Waals surface area contributed by atoms with Gasteiger partial charge in [-0.2, -0.15) is 0 Å². The second-order valence-electron chi connectivity index (χ2n) is 6.17. The highest BCUT2D eigenvalue weighted by Gasteiger charge is 2.12. The standard InChI is InChI=1S/C20H18N4O3S/c1-13-8-9-14(2)16(10-13)25-11-17-21-24-20(27-17)28-12-18-22-23-19(26-18)15-6-4-3-5-7-15/h3-10H,11-12H2,1-2H3. The number of benzene rings is 2. The van der Waals surface area contributed by atoms with Crippen molar-refractivity contribution in [2.45, 2.75) is 31.4 Å². The molecule has 0 unspecified atom stereocenters. The second-order valence-corrected chi connectivity index (χ2v) is 7.10. The van der Waals surface area contributed by atoms with Crippen molar-refractivity contribution in [2.24, 2.45) is 0 Å². The molecule has 2 heterocycles. The van der Waals surface area contributed by atoms with Crippen LogP contribution < -0.4 is 4.74 Å². The molecule has 7 nitrogen and oxygen atoms in total. The van der Waals surface area contributed by atoms with Gasteiger partial charge in [0.15, 0.2) is 6.61 Å². The summed E-state index contributed by atoms with van der Waals surface area (Å²) in [7, 11) is 0. The summed E-state index contributed by atoms with van der Waals surface area (Å²) >= 11 is 1.34. The predicted molar refractivity (Wildman–Crippen MR) is 104 cm³/mol. The minimum atomic E-state index is 0.219. The zero-order valence-electron chi connectivity index (χ0n) is 15.5. The van der Waals surface area contributed by atoms with Gasteiger partial charge in [0, 0.05) is 5.56 Å². The van der Waals surface area contributed by atoms with E-state index in [0.29, 0.717) is 28.6 Å². The summed E-state index contributed by atoms with van der Waals surface area (Å²) in [4.78, 5) is 0. The quantitative estimate of drug-likeness (QED) is 0.420. The molecule has 0 aliphatic rings. The molecule has 4 aromatic rings. The summed E-state index contributed by atoms with van der Waals surface area (Å²) in [6.45, 7) is 4.24. The zero-order chi connectivity index (χ0) is 19.3. The Morgan fingerprint density at radius 1 is 0.893 bits per heavy atom. The second kappa shape index (κ2) is 8.26. The van der Waals surface area contributed by atoms with Gasteiger partial charge in [-0.25, -0.2) is 0 Å². The topological polar surface area (TPSA) is 87.1 Å². The molecular weight excluding hydrogens is 376 g/mol. The first kappa shape index (κ1) is 18.2. The molecule has 0 bridgehead atoms. The lowest BCUT2D eigenvalue weighted by molar-refractivity contribution is 0.250. The molecule has 8 heteroatoms. The van der Waals surface area contributed by atoms with Crippen molar-refractivity contribution in [3.63, 3.8) is 0 Å². The van der Waals surface area contributed by atoms with E-state index >= 15 is 0 Å². The van der Waals surface area contributed by atoms with Crippen LogP contribution in [0.4, 0.5) is 0 Å². The van der Waals surface area contributed by atoms with Gasteiger partial charge >= 0.3 is 0 Å². The van der Waals surface area contributed by atoms with Gasteiger partial charge in [-0.15, -0.1) is 20.4 Å². The van der Waals surface area contributed by atoms with Crippen LogP contribution in [-0.4, -0.2) is 20.4 Å². The number of aromatic nitrogens is 4. The van der Waals surface area contributed by atoms with E-state index in [-0.39, 0.29) is 6.61 Å². The van der Waals surface area contributed by atoms with Crippen molar-refractivity contribution in [1.82, 2.24) is 20.4 Å². The number of hydrogen-bond donors (Lipinski definition) is 0. The van der Waals surface area contributed by atoms with E-state index in [0.717, 1.165) is 22.4 Å². The molecule has 142 valence electrons. The molecule has 28 heavy (non-hydrogen) atoms. The van der Waals surface area contributed by atoms with E-state index in [2.05, 4.69) is 20.4 Å². The fourth-order valence-corrected chi connectivity index (χ4v) is 3.11. The fraction of sp³-hybridized carbons (Fsp3) is 0.200. The summed E-state index contributed by atoms with van der Waals surface area (Å²) < 4.78 is 17.1. The van der Waals surface area contributed by atoms with Crippen LogP contribution in [0.2, 0.25) is 0 Å². The normalized spacial score (nSPS) is 10.9. The van der Waals surface area contributed by atoms with E-state index in [4.69, 9.17) is 13.6 Å². The van der Waals surface area contributed by atoms with Crippen LogP contribution in [0, 0.1) is 13.8 Å². The lowest BCUT2D eigenvalue weighted by Crippen LogP contribution is -1.97. The van der Waals surface area contributed by atoms with Crippen LogP contribution in [0.15, 0.2) is 62.6 Å². The van der Waals surface area contributed by atoms with Crippen molar-refractivity contribution in [3.8, 4) is 17.2 Å². The Labute approximate surface area is 166 Å². The molecule has 0 saturated carbocycles. The van der Waals surface area contributed by atoms with E-state index < -0.39 is 0 Å². The Morgan fingerprint density at radius 3 is 2.57 bits per heavy atom. The third-order valence-electron chi connectivity index (χ3n) is 3.95. The number of hydrogen-bond acceptors (Lipinski definition) is 8. The van der Waals surface area contributed by atoms with E-state index in [1.807, 2.05) is 62.4 Å². The van der Waals surface area contributed by atoms with Gasteiger partial charge in [0.1, 0.15) is 5.75 Å². The highest BCUT2D eigenvalue weighted by molar-refractivity contribution is 7.98. The summed E-state index contributed by atoms with van der Waals surface area (Å²) in [5, 5.41) is 16.6. The molecule has 0 N–H and O–H groups in total. The number of nitrogens with zero attached hydrogens (tertiary/aromatic N) is 4. The van der Waals surface area contributed by atoms with Crippen molar-refractivity contribution in [2.75, 3.05) is 0 Å². The average Bonchev–Trinajstić information content (AvgIpc) is 3.37. The number of thioether (sulfide) groups is 1. The van der Waals surface area contributed by atoms with Gasteiger partial charge in [0.2, 0.25) is 11.8 Å². The zero-order valence-corrected chi connectivity index (χ0v) is 16.3. The average molecular weight is 394 g/mol. The monoisotopic (exact) mass is 394 g/mol. The SMILES string of the molecule is Cc1ccc(C)c(OCc2nnc(SCc3nnc(-c4ccccc4)o3)o2)c1. The first-order valence-corrected chi connectivity index (χ1v) is 9.69. The van der Waals surface area contributed by atoms with E-state index in [1.54, 1.807) is 0 Å². The van der Waals surface area contributed by atoms with Crippen LogP contribution in [0.25, 0.3) is 11.5 Å².